The molecule has 0 spiro atoms. The molecule has 2 bridgehead atoms. The van der Waals surface area contributed by atoms with Crippen molar-refractivity contribution >= 4 is 21.4 Å². The lowest BCUT2D eigenvalue weighted by molar-refractivity contribution is 0.300. The molecular formula is C25H22FN3O2S. The van der Waals surface area contributed by atoms with Gasteiger partial charge in [0.05, 0.1) is 17.6 Å². The van der Waals surface area contributed by atoms with Gasteiger partial charge in [-0.1, -0.05) is 6.07 Å². The molecule has 1 fully saturated rings. The van der Waals surface area contributed by atoms with Crippen LogP contribution in [0.25, 0.3) is 15.8 Å². The van der Waals surface area contributed by atoms with Gasteiger partial charge in [-0.2, -0.15) is 0 Å². The summed E-state index contributed by atoms with van der Waals surface area (Å²) < 4.78 is 21.5. The Morgan fingerprint density at radius 3 is 2.97 bits per heavy atom. The number of rotatable bonds is 4. The van der Waals surface area contributed by atoms with Crippen LogP contribution in [-0.4, -0.2) is 15.6 Å². The molecule has 5 nitrogen and oxygen atoms in total. The van der Waals surface area contributed by atoms with Gasteiger partial charge in [-0.05, 0) is 67.0 Å². The van der Waals surface area contributed by atoms with Crippen molar-refractivity contribution in [1.82, 2.24) is 14.9 Å². The predicted octanol–water partition coefficient (Wildman–Crippen LogP) is 4.90. The van der Waals surface area contributed by atoms with Crippen LogP contribution < -0.4 is 15.6 Å². The number of thiophene rings is 1. The first-order valence-corrected chi connectivity index (χ1v) is 11.7. The molecule has 4 aromatic rings. The van der Waals surface area contributed by atoms with E-state index in [1.54, 1.807) is 22.9 Å². The average Bonchev–Trinajstić information content (AvgIpc) is 3.16. The fraction of sp³-hybridized carbons (Fsp3) is 0.280. The van der Waals surface area contributed by atoms with E-state index in [2.05, 4.69) is 22.4 Å². The zero-order valence-corrected chi connectivity index (χ0v) is 18.2. The maximum absolute atomic E-state index is 13.0. The number of benzene rings is 1. The third-order valence-corrected chi connectivity index (χ3v) is 7.59. The zero-order valence-electron chi connectivity index (χ0n) is 17.4. The molecule has 0 saturated carbocycles. The fourth-order valence-electron chi connectivity index (χ4n) is 4.88. The number of ether oxygens (including phenoxy) is 1. The molecule has 0 radical (unpaired) electrons. The number of hydrogen-bond acceptors (Lipinski definition) is 5. The van der Waals surface area contributed by atoms with Crippen LogP contribution in [0.15, 0.2) is 59.7 Å². The monoisotopic (exact) mass is 447 g/mol. The topological polar surface area (TPSA) is 56.1 Å². The molecule has 2 unspecified atom stereocenters. The normalized spacial score (nSPS) is 19.7. The van der Waals surface area contributed by atoms with E-state index in [4.69, 9.17) is 4.74 Å². The van der Waals surface area contributed by atoms with Crippen LogP contribution in [0.5, 0.6) is 5.75 Å². The van der Waals surface area contributed by atoms with E-state index >= 15 is 0 Å². The van der Waals surface area contributed by atoms with Crippen LogP contribution in [0.2, 0.25) is 0 Å². The van der Waals surface area contributed by atoms with Crippen molar-refractivity contribution in [2.75, 3.05) is 0 Å². The largest absolute Gasteiger partial charge is 0.487 e. The second-order valence-corrected chi connectivity index (χ2v) is 9.63. The minimum Gasteiger partial charge on any atom is -0.487 e. The summed E-state index contributed by atoms with van der Waals surface area (Å²) in [6, 6.07) is 13.5. The summed E-state index contributed by atoms with van der Waals surface area (Å²) in [6.45, 7) is 0.173. The highest BCUT2D eigenvalue weighted by Crippen LogP contribution is 2.43. The molecule has 0 aliphatic carbocycles. The predicted molar refractivity (Wildman–Crippen MR) is 123 cm³/mol. The van der Waals surface area contributed by atoms with Crippen LogP contribution >= 0.6 is 11.3 Å². The van der Waals surface area contributed by atoms with Crippen LogP contribution in [0.1, 0.15) is 41.4 Å². The van der Waals surface area contributed by atoms with Crippen LogP contribution in [-0.2, 0) is 13.0 Å². The second kappa shape index (κ2) is 7.83. The molecule has 5 heterocycles. The van der Waals surface area contributed by atoms with Gasteiger partial charge in [0.2, 0.25) is 0 Å². The van der Waals surface area contributed by atoms with Gasteiger partial charge in [-0.25, -0.2) is 4.39 Å². The maximum Gasteiger partial charge on any atom is 0.258 e. The summed E-state index contributed by atoms with van der Waals surface area (Å²) in [5.74, 6) is 0.0719. The van der Waals surface area contributed by atoms with Gasteiger partial charge in [0.25, 0.3) is 5.56 Å². The Kier molecular flexibility index (Phi) is 4.81. The number of piperidine rings is 1. The molecule has 1 aromatic carbocycles. The summed E-state index contributed by atoms with van der Waals surface area (Å²) in [7, 11) is 0. The number of pyridine rings is 2. The number of nitrogens with one attached hydrogen (secondary N) is 1. The van der Waals surface area contributed by atoms with E-state index in [-0.39, 0.29) is 18.0 Å². The van der Waals surface area contributed by atoms with Gasteiger partial charge >= 0.3 is 0 Å². The lowest BCUT2D eigenvalue weighted by Gasteiger charge is -2.36. The van der Waals surface area contributed by atoms with Gasteiger partial charge in [0.1, 0.15) is 18.2 Å². The van der Waals surface area contributed by atoms with E-state index < -0.39 is 0 Å². The third-order valence-electron chi connectivity index (χ3n) is 6.40. The van der Waals surface area contributed by atoms with Gasteiger partial charge in [-0.15, -0.1) is 11.3 Å². The Bertz CT molecular complexity index is 1360. The number of halogens is 1. The molecule has 2 aliphatic heterocycles. The summed E-state index contributed by atoms with van der Waals surface area (Å²) in [5.41, 5.74) is 2.76. The number of hydrogen-bond donors (Lipinski definition) is 1. The van der Waals surface area contributed by atoms with Crippen molar-refractivity contribution in [3.63, 3.8) is 0 Å². The van der Waals surface area contributed by atoms with E-state index in [9.17, 15) is 9.18 Å². The minimum atomic E-state index is -0.390. The van der Waals surface area contributed by atoms with Crippen LogP contribution in [0, 0.1) is 5.82 Å². The van der Waals surface area contributed by atoms with Crippen molar-refractivity contribution in [2.24, 2.45) is 0 Å². The number of fused-ring (bicyclic) bond motifs is 6. The Morgan fingerprint density at radius 2 is 2.12 bits per heavy atom. The number of aromatic nitrogens is 2. The SMILES string of the molecule is O=c1cc(OCc2ccc(F)cn2)ccn1-c1ccc2c3c(sc2c1)CC1CCCC3N1. The fourth-order valence-corrected chi connectivity index (χ4v) is 6.26. The van der Waals surface area contributed by atoms with Crippen molar-refractivity contribution in [1.29, 1.82) is 0 Å². The molecule has 1 N–H and O–H groups in total. The summed E-state index contributed by atoms with van der Waals surface area (Å²) in [6.07, 6.45) is 7.74. The van der Waals surface area contributed by atoms with Crippen molar-refractivity contribution < 1.29 is 9.13 Å². The van der Waals surface area contributed by atoms with Crippen molar-refractivity contribution in [3.05, 3.63) is 87.2 Å². The first kappa shape index (κ1) is 19.6. The maximum atomic E-state index is 13.0. The summed E-state index contributed by atoms with van der Waals surface area (Å²) in [5, 5.41) is 5.10. The Morgan fingerprint density at radius 1 is 1.19 bits per heavy atom. The molecule has 2 atom stereocenters. The zero-order chi connectivity index (χ0) is 21.7. The van der Waals surface area contributed by atoms with E-state index in [1.165, 1.54) is 51.9 Å². The minimum absolute atomic E-state index is 0.159. The second-order valence-electron chi connectivity index (χ2n) is 8.50. The van der Waals surface area contributed by atoms with Crippen molar-refractivity contribution in [3.8, 4) is 11.4 Å². The molecule has 6 rings (SSSR count). The highest BCUT2D eigenvalue weighted by molar-refractivity contribution is 7.19. The van der Waals surface area contributed by atoms with Crippen LogP contribution in [0.3, 0.4) is 0 Å². The number of nitrogens with zero attached hydrogens (tertiary/aromatic N) is 2. The van der Waals surface area contributed by atoms with Gasteiger partial charge in [0.15, 0.2) is 0 Å². The molecule has 162 valence electrons. The highest BCUT2D eigenvalue weighted by Gasteiger charge is 2.32. The molecule has 1 saturated heterocycles. The lowest BCUT2D eigenvalue weighted by Crippen LogP contribution is -2.41. The standard InChI is InChI=1S/C25H22FN3O2S/c26-15-4-5-17(27-13-15)14-31-19-8-9-29(24(30)12-19)18-6-7-20-22(11-18)32-23-10-16-2-1-3-21(28-16)25(20)23/h4-9,11-13,16,21,28H,1-3,10,14H2. The van der Waals surface area contributed by atoms with Gasteiger partial charge in [-0.3, -0.25) is 14.3 Å². The quantitative estimate of drug-likeness (QED) is 0.483. The van der Waals surface area contributed by atoms with E-state index in [1.807, 2.05) is 17.4 Å². The lowest BCUT2D eigenvalue weighted by atomic mass is 9.85. The molecule has 0 amide bonds. The molecule has 3 aromatic heterocycles. The van der Waals surface area contributed by atoms with Gasteiger partial charge in [0, 0.05) is 33.9 Å². The Hall–Kier alpha value is -3.03. The van der Waals surface area contributed by atoms with Gasteiger partial charge < -0.3 is 10.1 Å². The van der Waals surface area contributed by atoms with Crippen LogP contribution in [0.4, 0.5) is 4.39 Å². The summed E-state index contributed by atoms with van der Waals surface area (Å²) >= 11 is 1.87. The molecule has 7 heteroatoms. The van der Waals surface area contributed by atoms with E-state index in [0.717, 1.165) is 18.3 Å². The third kappa shape index (κ3) is 3.51. The average molecular weight is 448 g/mol. The highest BCUT2D eigenvalue weighted by atomic mass is 32.1. The molecule has 32 heavy (non-hydrogen) atoms. The van der Waals surface area contributed by atoms with E-state index in [0.29, 0.717) is 23.5 Å². The van der Waals surface area contributed by atoms with Crippen molar-refractivity contribution in [2.45, 2.75) is 44.4 Å². The smallest absolute Gasteiger partial charge is 0.258 e. The first-order valence-electron chi connectivity index (χ1n) is 10.9. The summed E-state index contributed by atoms with van der Waals surface area (Å²) in [4.78, 5) is 18.3. The Balaban J connectivity index is 1.27. The molecule has 2 aliphatic rings. The Labute approximate surface area is 188 Å². The first-order chi connectivity index (χ1) is 15.6. The molecular weight excluding hydrogens is 425 g/mol.